The SMILES string of the molecule is C/C=C\c1c(C)n(CC)c2c3ccccc3c3sc4cc5c(cc4c3c12)c(C)c(/C=C\C)n5CC. The quantitative estimate of drug-likeness (QED) is 0.239. The molecule has 0 saturated carbocycles. The van der Waals surface area contributed by atoms with Gasteiger partial charge in [-0.1, -0.05) is 42.5 Å². The highest BCUT2D eigenvalue weighted by atomic mass is 32.1. The van der Waals surface area contributed by atoms with E-state index < -0.39 is 0 Å². The van der Waals surface area contributed by atoms with Gasteiger partial charge in [-0.3, -0.25) is 0 Å². The topological polar surface area (TPSA) is 9.86 Å². The molecule has 0 atom stereocenters. The first-order valence-electron chi connectivity index (χ1n) is 12.7. The fourth-order valence-electron chi connectivity index (χ4n) is 6.22. The van der Waals surface area contributed by atoms with Crippen molar-refractivity contribution in [3.8, 4) is 0 Å². The van der Waals surface area contributed by atoms with Gasteiger partial charge in [0, 0.05) is 71.8 Å². The molecule has 0 aliphatic rings. The third-order valence-electron chi connectivity index (χ3n) is 7.71. The number of thiophene rings is 1. The Morgan fingerprint density at radius 2 is 1.51 bits per heavy atom. The summed E-state index contributed by atoms with van der Waals surface area (Å²) in [7, 11) is 0. The number of benzene rings is 3. The van der Waals surface area contributed by atoms with Crippen LogP contribution in [0.1, 0.15) is 50.2 Å². The fraction of sp³-hybridized carbons (Fsp3) is 0.250. The molecule has 176 valence electrons. The number of aromatic nitrogens is 2. The van der Waals surface area contributed by atoms with Crippen LogP contribution in [0, 0.1) is 13.8 Å². The number of fused-ring (bicyclic) bond motifs is 9. The highest BCUT2D eigenvalue weighted by molar-refractivity contribution is 7.27. The maximum absolute atomic E-state index is 2.51. The molecule has 35 heavy (non-hydrogen) atoms. The van der Waals surface area contributed by atoms with Crippen LogP contribution in [-0.2, 0) is 13.1 Å². The molecule has 0 unspecified atom stereocenters. The summed E-state index contributed by atoms with van der Waals surface area (Å²) in [5, 5.41) is 8.30. The molecule has 3 heteroatoms. The van der Waals surface area contributed by atoms with Crippen LogP contribution < -0.4 is 0 Å². The molecule has 3 aromatic carbocycles. The molecule has 0 aliphatic heterocycles. The zero-order valence-electron chi connectivity index (χ0n) is 21.5. The molecule has 0 aliphatic carbocycles. The Labute approximate surface area is 210 Å². The molecule has 0 fully saturated rings. The number of hydrogen-bond donors (Lipinski definition) is 0. The summed E-state index contributed by atoms with van der Waals surface area (Å²) in [6, 6.07) is 13.9. The summed E-state index contributed by atoms with van der Waals surface area (Å²) in [5.41, 5.74) is 8.12. The summed E-state index contributed by atoms with van der Waals surface area (Å²) < 4.78 is 7.75. The highest BCUT2D eigenvalue weighted by Gasteiger charge is 2.22. The lowest BCUT2D eigenvalue weighted by Gasteiger charge is -2.09. The van der Waals surface area contributed by atoms with Crippen LogP contribution in [0.25, 0.3) is 64.9 Å². The predicted molar refractivity (Wildman–Crippen MR) is 158 cm³/mol. The standard InChI is InChI=1S/C32H32N2S/c1-7-13-21-20(6)33(9-3)31-22-15-11-12-16-23(22)32-30(29(21)31)25-17-24-19(5)26(14-8-2)34(10-4)27(24)18-28(25)35-32/h7-8,11-18H,9-10H2,1-6H3/b13-7-,14-8-. The third kappa shape index (κ3) is 2.88. The first kappa shape index (κ1) is 22.2. The van der Waals surface area contributed by atoms with Gasteiger partial charge in [0.05, 0.1) is 11.0 Å². The second-order valence-electron chi connectivity index (χ2n) is 9.44. The third-order valence-corrected chi connectivity index (χ3v) is 8.90. The smallest absolute Gasteiger partial charge is 0.0575 e. The van der Waals surface area contributed by atoms with Gasteiger partial charge in [-0.15, -0.1) is 11.3 Å². The van der Waals surface area contributed by atoms with Crippen molar-refractivity contribution in [1.82, 2.24) is 9.13 Å². The molecule has 6 rings (SSSR count). The van der Waals surface area contributed by atoms with Gasteiger partial charge in [-0.05, 0) is 65.3 Å². The number of allylic oxidation sites excluding steroid dienone is 2. The van der Waals surface area contributed by atoms with Crippen LogP contribution in [0.3, 0.4) is 0 Å². The van der Waals surface area contributed by atoms with Gasteiger partial charge in [-0.25, -0.2) is 0 Å². The molecule has 2 nitrogen and oxygen atoms in total. The van der Waals surface area contributed by atoms with Crippen molar-refractivity contribution in [2.24, 2.45) is 0 Å². The van der Waals surface area contributed by atoms with Crippen molar-refractivity contribution in [1.29, 1.82) is 0 Å². The van der Waals surface area contributed by atoms with Gasteiger partial charge in [0.15, 0.2) is 0 Å². The number of hydrogen-bond acceptors (Lipinski definition) is 1. The molecule has 0 bridgehead atoms. The van der Waals surface area contributed by atoms with Crippen molar-refractivity contribution in [2.45, 2.75) is 54.6 Å². The average Bonchev–Trinajstić information content (AvgIpc) is 3.46. The van der Waals surface area contributed by atoms with E-state index in [2.05, 4.69) is 111 Å². The lowest BCUT2D eigenvalue weighted by molar-refractivity contribution is 0.771. The van der Waals surface area contributed by atoms with E-state index in [1.54, 1.807) is 0 Å². The van der Waals surface area contributed by atoms with Crippen molar-refractivity contribution >= 4 is 76.2 Å². The average molecular weight is 477 g/mol. The molecule has 3 heterocycles. The van der Waals surface area contributed by atoms with Crippen molar-refractivity contribution in [3.05, 3.63) is 71.1 Å². The molecule has 6 aromatic rings. The summed E-state index contributed by atoms with van der Waals surface area (Å²) in [5.74, 6) is 0. The minimum absolute atomic E-state index is 0.965. The lowest BCUT2D eigenvalue weighted by Crippen LogP contribution is -1.97. The van der Waals surface area contributed by atoms with Crippen molar-refractivity contribution in [2.75, 3.05) is 0 Å². The molecular weight excluding hydrogens is 444 g/mol. The highest BCUT2D eigenvalue weighted by Crippen LogP contribution is 2.48. The number of rotatable bonds is 4. The van der Waals surface area contributed by atoms with Crippen LogP contribution in [0.5, 0.6) is 0 Å². The van der Waals surface area contributed by atoms with Crippen LogP contribution >= 0.6 is 11.3 Å². The molecule has 3 aromatic heterocycles. The molecule has 0 N–H and O–H groups in total. The molecule has 0 spiro atoms. The molecule has 0 radical (unpaired) electrons. The first-order valence-corrected chi connectivity index (χ1v) is 13.5. The Kier molecular flexibility index (Phi) is 5.16. The normalized spacial score (nSPS) is 12.9. The second-order valence-corrected chi connectivity index (χ2v) is 10.5. The molecular formula is C32H32N2S. The van der Waals surface area contributed by atoms with E-state index in [0.717, 1.165) is 13.1 Å². The van der Waals surface area contributed by atoms with E-state index in [1.165, 1.54) is 75.3 Å². The Morgan fingerprint density at radius 3 is 2.20 bits per heavy atom. The maximum atomic E-state index is 2.51. The van der Waals surface area contributed by atoms with Crippen LogP contribution in [0.4, 0.5) is 0 Å². The van der Waals surface area contributed by atoms with E-state index in [0.29, 0.717) is 0 Å². The van der Waals surface area contributed by atoms with Gasteiger partial charge >= 0.3 is 0 Å². The fourth-order valence-corrected chi connectivity index (χ4v) is 7.48. The van der Waals surface area contributed by atoms with Gasteiger partial charge in [-0.2, -0.15) is 0 Å². The van der Waals surface area contributed by atoms with Gasteiger partial charge in [0.1, 0.15) is 0 Å². The van der Waals surface area contributed by atoms with Crippen LogP contribution in [0.15, 0.2) is 48.6 Å². The summed E-state index contributed by atoms with van der Waals surface area (Å²) in [4.78, 5) is 0. The van der Waals surface area contributed by atoms with Gasteiger partial charge < -0.3 is 9.13 Å². The monoisotopic (exact) mass is 476 g/mol. The minimum Gasteiger partial charge on any atom is -0.344 e. The van der Waals surface area contributed by atoms with Crippen LogP contribution in [-0.4, -0.2) is 9.13 Å². The summed E-state index contributed by atoms with van der Waals surface area (Å²) in [6.45, 7) is 15.2. The van der Waals surface area contributed by atoms with Crippen molar-refractivity contribution < 1.29 is 0 Å². The van der Waals surface area contributed by atoms with E-state index in [9.17, 15) is 0 Å². The molecule has 0 saturated heterocycles. The zero-order chi connectivity index (χ0) is 24.4. The second kappa shape index (κ2) is 8.13. The lowest BCUT2D eigenvalue weighted by atomic mass is 9.98. The summed E-state index contributed by atoms with van der Waals surface area (Å²) in [6.07, 6.45) is 8.90. The Hall–Kier alpha value is -3.30. The summed E-state index contributed by atoms with van der Waals surface area (Å²) >= 11 is 1.95. The number of nitrogens with zero attached hydrogens (tertiary/aromatic N) is 2. The molecule has 0 amide bonds. The number of aryl methyl sites for hydroxylation is 3. The van der Waals surface area contributed by atoms with Gasteiger partial charge in [0.2, 0.25) is 0 Å². The zero-order valence-corrected chi connectivity index (χ0v) is 22.3. The predicted octanol–water partition coefficient (Wildman–Crippen LogP) is 9.84. The van der Waals surface area contributed by atoms with E-state index in [4.69, 9.17) is 0 Å². The Balaban J connectivity index is 1.92. The maximum Gasteiger partial charge on any atom is 0.0575 e. The van der Waals surface area contributed by atoms with Crippen molar-refractivity contribution in [3.63, 3.8) is 0 Å². The van der Waals surface area contributed by atoms with E-state index >= 15 is 0 Å². The minimum atomic E-state index is 0.965. The largest absolute Gasteiger partial charge is 0.344 e. The van der Waals surface area contributed by atoms with Crippen LogP contribution in [0.2, 0.25) is 0 Å². The van der Waals surface area contributed by atoms with E-state index in [1.807, 2.05) is 11.3 Å². The Bertz CT molecular complexity index is 1850. The Morgan fingerprint density at radius 1 is 0.800 bits per heavy atom. The first-order chi connectivity index (χ1) is 17.0. The van der Waals surface area contributed by atoms with Gasteiger partial charge in [0.25, 0.3) is 0 Å². The van der Waals surface area contributed by atoms with E-state index in [-0.39, 0.29) is 0 Å².